The number of hydrogen-bond donors (Lipinski definition) is 1. The Kier molecular flexibility index (Phi) is 3.57. The lowest BCUT2D eigenvalue weighted by atomic mass is 9.86. The van der Waals surface area contributed by atoms with Gasteiger partial charge in [-0.25, -0.2) is 0 Å². The van der Waals surface area contributed by atoms with Gasteiger partial charge in [0.15, 0.2) is 0 Å². The fourth-order valence-corrected chi connectivity index (χ4v) is 3.69. The van der Waals surface area contributed by atoms with Gasteiger partial charge in [-0.05, 0) is 52.2 Å². The van der Waals surface area contributed by atoms with Crippen molar-refractivity contribution in [3.63, 3.8) is 0 Å². The Morgan fingerprint density at radius 3 is 2.56 bits per heavy atom. The van der Waals surface area contributed by atoms with Crippen LogP contribution < -0.4 is 5.73 Å². The number of rotatable bonds is 2. The Labute approximate surface area is 100.0 Å². The first-order chi connectivity index (χ1) is 7.57. The summed E-state index contributed by atoms with van der Waals surface area (Å²) in [4.78, 5) is 5.13. The molecule has 2 N–H and O–H groups in total. The van der Waals surface area contributed by atoms with Gasteiger partial charge in [0.2, 0.25) is 0 Å². The predicted molar refractivity (Wildman–Crippen MR) is 68.5 cm³/mol. The minimum Gasteiger partial charge on any atom is -0.329 e. The zero-order chi connectivity index (χ0) is 11.8. The van der Waals surface area contributed by atoms with Crippen LogP contribution in [0.5, 0.6) is 0 Å². The highest BCUT2D eigenvalue weighted by atomic mass is 15.3. The number of nitrogens with zero attached hydrogens (tertiary/aromatic N) is 2. The van der Waals surface area contributed by atoms with Crippen LogP contribution in [0.4, 0.5) is 0 Å². The van der Waals surface area contributed by atoms with Gasteiger partial charge in [0.05, 0.1) is 0 Å². The summed E-state index contributed by atoms with van der Waals surface area (Å²) in [6.45, 7) is 9.18. The number of likely N-dealkylation sites (tertiary alicyclic amines) is 2. The molecule has 0 aromatic rings. The summed E-state index contributed by atoms with van der Waals surface area (Å²) < 4.78 is 0. The van der Waals surface area contributed by atoms with Gasteiger partial charge in [0, 0.05) is 24.7 Å². The van der Waals surface area contributed by atoms with Gasteiger partial charge in [0.25, 0.3) is 0 Å². The van der Waals surface area contributed by atoms with Crippen molar-refractivity contribution in [2.24, 2.45) is 11.7 Å². The maximum absolute atomic E-state index is 6.09. The second kappa shape index (κ2) is 4.63. The Balaban J connectivity index is 2.09. The van der Waals surface area contributed by atoms with Crippen LogP contribution in [0.2, 0.25) is 0 Å². The number of piperidine rings is 1. The normalized spacial score (nSPS) is 42.8. The lowest BCUT2D eigenvalue weighted by Gasteiger charge is -2.48. The summed E-state index contributed by atoms with van der Waals surface area (Å²) in [5.41, 5.74) is 6.36. The summed E-state index contributed by atoms with van der Waals surface area (Å²) in [7, 11) is 2.22. The van der Waals surface area contributed by atoms with Gasteiger partial charge < -0.3 is 10.6 Å². The molecule has 0 bridgehead atoms. The number of hydrogen-bond acceptors (Lipinski definition) is 3. The molecule has 3 atom stereocenters. The molecule has 3 heteroatoms. The molecule has 3 nitrogen and oxygen atoms in total. The smallest absolute Gasteiger partial charge is 0.0473 e. The molecule has 2 saturated heterocycles. The number of likely N-dealkylation sites (N-methyl/N-ethyl adjacent to an activating group) is 1. The van der Waals surface area contributed by atoms with Crippen LogP contribution >= 0.6 is 0 Å². The zero-order valence-electron chi connectivity index (χ0n) is 11.1. The van der Waals surface area contributed by atoms with E-state index in [9.17, 15) is 0 Å². The summed E-state index contributed by atoms with van der Waals surface area (Å²) >= 11 is 0. The van der Waals surface area contributed by atoms with Crippen LogP contribution in [-0.2, 0) is 0 Å². The van der Waals surface area contributed by atoms with Crippen molar-refractivity contribution in [1.82, 2.24) is 9.80 Å². The molecule has 0 aliphatic carbocycles. The van der Waals surface area contributed by atoms with E-state index in [0.717, 1.165) is 19.0 Å². The highest BCUT2D eigenvalue weighted by Crippen LogP contribution is 2.33. The van der Waals surface area contributed by atoms with Crippen molar-refractivity contribution in [2.45, 2.75) is 44.7 Å². The van der Waals surface area contributed by atoms with Crippen molar-refractivity contribution in [3.05, 3.63) is 0 Å². The first-order valence-corrected chi connectivity index (χ1v) is 6.73. The molecule has 2 rings (SSSR count). The van der Waals surface area contributed by atoms with E-state index in [1.807, 2.05) is 0 Å². The molecule has 2 aliphatic heterocycles. The SMILES string of the molecule is CC1CCN(C2(CN)CCN(C)C2)C(C)C1. The van der Waals surface area contributed by atoms with Gasteiger partial charge in [-0.15, -0.1) is 0 Å². The summed E-state index contributed by atoms with van der Waals surface area (Å²) in [5, 5.41) is 0. The van der Waals surface area contributed by atoms with Crippen molar-refractivity contribution < 1.29 is 0 Å². The molecule has 0 aromatic heterocycles. The average molecular weight is 225 g/mol. The van der Waals surface area contributed by atoms with E-state index in [1.54, 1.807) is 0 Å². The van der Waals surface area contributed by atoms with E-state index in [2.05, 4.69) is 30.7 Å². The van der Waals surface area contributed by atoms with E-state index in [1.165, 1.54) is 32.4 Å². The van der Waals surface area contributed by atoms with Gasteiger partial charge in [-0.1, -0.05) is 6.92 Å². The molecular weight excluding hydrogens is 198 g/mol. The molecule has 16 heavy (non-hydrogen) atoms. The van der Waals surface area contributed by atoms with Crippen LogP contribution in [0, 0.1) is 5.92 Å². The first kappa shape index (κ1) is 12.3. The Bertz CT molecular complexity index is 243. The second-order valence-corrected chi connectivity index (χ2v) is 6.09. The van der Waals surface area contributed by atoms with Crippen LogP contribution in [0.1, 0.15) is 33.1 Å². The van der Waals surface area contributed by atoms with E-state index in [-0.39, 0.29) is 5.54 Å². The van der Waals surface area contributed by atoms with Crippen molar-refractivity contribution in [1.29, 1.82) is 0 Å². The Hall–Kier alpha value is -0.120. The third kappa shape index (κ3) is 2.13. The molecule has 0 saturated carbocycles. The largest absolute Gasteiger partial charge is 0.329 e. The summed E-state index contributed by atoms with van der Waals surface area (Å²) in [6.07, 6.45) is 3.93. The van der Waals surface area contributed by atoms with E-state index in [0.29, 0.717) is 6.04 Å². The first-order valence-electron chi connectivity index (χ1n) is 6.73. The quantitative estimate of drug-likeness (QED) is 0.765. The molecule has 2 fully saturated rings. The minimum atomic E-state index is 0.272. The van der Waals surface area contributed by atoms with Gasteiger partial charge in [-0.3, -0.25) is 4.90 Å². The summed E-state index contributed by atoms with van der Waals surface area (Å²) in [6, 6.07) is 0.707. The topological polar surface area (TPSA) is 32.5 Å². The van der Waals surface area contributed by atoms with Crippen LogP contribution in [-0.4, -0.2) is 54.6 Å². The summed E-state index contributed by atoms with van der Waals surface area (Å²) in [5.74, 6) is 0.889. The molecule has 2 aliphatic rings. The maximum atomic E-state index is 6.09. The van der Waals surface area contributed by atoms with Crippen molar-refractivity contribution in [3.8, 4) is 0 Å². The lowest BCUT2D eigenvalue weighted by Crippen LogP contribution is -2.60. The van der Waals surface area contributed by atoms with Crippen LogP contribution in [0.3, 0.4) is 0 Å². The third-order valence-corrected chi connectivity index (χ3v) is 4.65. The molecule has 3 unspecified atom stereocenters. The van der Waals surface area contributed by atoms with Gasteiger partial charge >= 0.3 is 0 Å². The van der Waals surface area contributed by atoms with E-state index >= 15 is 0 Å². The van der Waals surface area contributed by atoms with E-state index in [4.69, 9.17) is 5.73 Å². The zero-order valence-corrected chi connectivity index (χ0v) is 11.1. The highest BCUT2D eigenvalue weighted by Gasteiger charge is 2.43. The predicted octanol–water partition coefficient (Wildman–Crippen LogP) is 1.14. The standard InChI is InChI=1S/C13H27N3/c1-11-4-6-16(12(2)8-11)13(9-14)5-7-15(3)10-13/h11-12H,4-10,14H2,1-3H3. The second-order valence-electron chi connectivity index (χ2n) is 6.09. The molecule has 0 aromatic carbocycles. The maximum Gasteiger partial charge on any atom is 0.0473 e. The van der Waals surface area contributed by atoms with Crippen LogP contribution in [0.25, 0.3) is 0 Å². The van der Waals surface area contributed by atoms with Crippen molar-refractivity contribution >= 4 is 0 Å². The Morgan fingerprint density at radius 2 is 2.06 bits per heavy atom. The average Bonchev–Trinajstić information content (AvgIpc) is 2.61. The molecule has 94 valence electrons. The molecular formula is C13H27N3. The lowest BCUT2D eigenvalue weighted by molar-refractivity contribution is 0.0212. The van der Waals surface area contributed by atoms with Crippen molar-refractivity contribution in [2.75, 3.05) is 33.2 Å². The van der Waals surface area contributed by atoms with Crippen LogP contribution in [0.15, 0.2) is 0 Å². The molecule has 0 spiro atoms. The number of nitrogens with two attached hydrogens (primary N) is 1. The van der Waals surface area contributed by atoms with Gasteiger partial charge in [0.1, 0.15) is 0 Å². The fraction of sp³-hybridized carbons (Fsp3) is 1.00. The fourth-order valence-electron chi connectivity index (χ4n) is 3.69. The third-order valence-electron chi connectivity index (χ3n) is 4.65. The van der Waals surface area contributed by atoms with E-state index < -0.39 is 0 Å². The molecule has 2 heterocycles. The Morgan fingerprint density at radius 1 is 1.31 bits per heavy atom. The minimum absolute atomic E-state index is 0.272. The van der Waals surface area contributed by atoms with Gasteiger partial charge in [-0.2, -0.15) is 0 Å². The molecule has 0 radical (unpaired) electrons. The highest BCUT2D eigenvalue weighted by molar-refractivity contribution is 5.02. The molecule has 0 amide bonds. The monoisotopic (exact) mass is 225 g/mol.